The molecule has 1 aromatic carbocycles. The molecule has 0 atom stereocenters. The molecular formula is C12H10N2O. The lowest BCUT2D eigenvalue weighted by Gasteiger charge is -2.00. The van der Waals surface area contributed by atoms with Crippen LogP contribution >= 0.6 is 0 Å². The second kappa shape index (κ2) is 4.49. The molecule has 15 heavy (non-hydrogen) atoms. The third kappa shape index (κ3) is 2.27. The summed E-state index contributed by atoms with van der Waals surface area (Å²) in [6.07, 6.45) is 4.06. The van der Waals surface area contributed by atoms with Crippen molar-refractivity contribution in [3.05, 3.63) is 42.1 Å². The number of pyridine rings is 1. The highest BCUT2D eigenvalue weighted by Gasteiger charge is 1.96. The maximum absolute atomic E-state index is 9.90. The third-order valence-electron chi connectivity index (χ3n) is 2.25. The van der Waals surface area contributed by atoms with Crippen molar-refractivity contribution in [3.63, 3.8) is 0 Å². The van der Waals surface area contributed by atoms with Gasteiger partial charge in [-0.2, -0.15) is 0 Å². The predicted octanol–water partition coefficient (Wildman–Crippen LogP) is 2.11. The molecule has 0 amide bonds. The van der Waals surface area contributed by atoms with Crippen LogP contribution in [0.25, 0.3) is 10.9 Å². The number of fused-ring (bicyclic) bond motifs is 1. The van der Waals surface area contributed by atoms with Crippen molar-refractivity contribution in [1.29, 1.82) is 0 Å². The summed E-state index contributed by atoms with van der Waals surface area (Å²) >= 11 is 0. The van der Waals surface area contributed by atoms with Crippen LogP contribution in [0.4, 0.5) is 0 Å². The SMILES string of the molecule is O=C=NCCc1ccc2cccnc2c1. The average molecular weight is 198 g/mol. The van der Waals surface area contributed by atoms with E-state index in [1.165, 1.54) is 6.08 Å². The number of aliphatic imine (C=N–C) groups is 1. The number of nitrogens with zero attached hydrogens (tertiary/aromatic N) is 2. The topological polar surface area (TPSA) is 42.3 Å². The van der Waals surface area contributed by atoms with Crippen molar-refractivity contribution >= 4 is 17.0 Å². The molecule has 0 radical (unpaired) electrons. The number of isocyanates is 1. The number of rotatable bonds is 3. The monoisotopic (exact) mass is 198 g/mol. The van der Waals surface area contributed by atoms with E-state index in [4.69, 9.17) is 0 Å². The van der Waals surface area contributed by atoms with Crippen LogP contribution in [-0.2, 0) is 11.2 Å². The second-order valence-electron chi connectivity index (χ2n) is 3.25. The molecule has 0 unspecified atom stereocenters. The zero-order valence-electron chi connectivity index (χ0n) is 8.18. The van der Waals surface area contributed by atoms with Crippen molar-refractivity contribution in [3.8, 4) is 0 Å². The van der Waals surface area contributed by atoms with Gasteiger partial charge in [-0.25, -0.2) is 9.79 Å². The summed E-state index contributed by atoms with van der Waals surface area (Å²) in [5, 5.41) is 1.13. The van der Waals surface area contributed by atoms with Crippen LogP contribution in [-0.4, -0.2) is 17.6 Å². The highest BCUT2D eigenvalue weighted by molar-refractivity contribution is 5.78. The molecule has 0 saturated heterocycles. The summed E-state index contributed by atoms with van der Waals surface area (Å²) in [5.41, 5.74) is 2.12. The third-order valence-corrected chi connectivity index (χ3v) is 2.25. The van der Waals surface area contributed by atoms with E-state index in [0.717, 1.165) is 22.9 Å². The maximum Gasteiger partial charge on any atom is 0.234 e. The van der Waals surface area contributed by atoms with Gasteiger partial charge < -0.3 is 0 Å². The summed E-state index contributed by atoms with van der Waals surface area (Å²) in [7, 11) is 0. The van der Waals surface area contributed by atoms with Gasteiger partial charge in [0.15, 0.2) is 0 Å². The molecule has 1 heterocycles. The Bertz CT molecular complexity index is 516. The Kier molecular flexibility index (Phi) is 2.86. The lowest BCUT2D eigenvalue weighted by atomic mass is 10.1. The van der Waals surface area contributed by atoms with Gasteiger partial charge in [0.05, 0.1) is 12.1 Å². The highest BCUT2D eigenvalue weighted by atomic mass is 16.1. The van der Waals surface area contributed by atoms with Gasteiger partial charge in [-0.1, -0.05) is 18.2 Å². The van der Waals surface area contributed by atoms with Crippen LogP contribution in [0, 0.1) is 0 Å². The quantitative estimate of drug-likeness (QED) is 0.560. The van der Waals surface area contributed by atoms with Gasteiger partial charge in [-0.3, -0.25) is 4.98 Å². The Morgan fingerprint density at radius 3 is 3.13 bits per heavy atom. The molecule has 0 fully saturated rings. The van der Waals surface area contributed by atoms with E-state index < -0.39 is 0 Å². The fourth-order valence-corrected chi connectivity index (χ4v) is 1.50. The number of benzene rings is 1. The molecule has 1 aromatic heterocycles. The Labute approximate surface area is 87.5 Å². The lowest BCUT2D eigenvalue weighted by Crippen LogP contribution is -1.89. The minimum atomic E-state index is 0.488. The summed E-state index contributed by atoms with van der Waals surface area (Å²) in [6.45, 7) is 0.488. The Hall–Kier alpha value is -1.99. The smallest absolute Gasteiger partial charge is 0.234 e. The van der Waals surface area contributed by atoms with Crippen molar-refractivity contribution in [2.75, 3.05) is 6.54 Å². The van der Waals surface area contributed by atoms with Crippen LogP contribution in [0.2, 0.25) is 0 Å². The summed E-state index contributed by atoms with van der Waals surface area (Å²) in [4.78, 5) is 17.7. The van der Waals surface area contributed by atoms with E-state index in [-0.39, 0.29) is 0 Å². The average Bonchev–Trinajstić information content (AvgIpc) is 2.29. The number of hydrogen-bond acceptors (Lipinski definition) is 3. The zero-order valence-corrected chi connectivity index (χ0v) is 8.18. The molecule has 0 aliphatic heterocycles. The minimum Gasteiger partial charge on any atom is -0.256 e. The fourth-order valence-electron chi connectivity index (χ4n) is 1.50. The van der Waals surface area contributed by atoms with Crippen LogP contribution in [0.1, 0.15) is 5.56 Å². The summed E-state index contributed by atoms with van der Waals surface area (Å²) in [5.74, 6) is 0. The molecule has 0 aliphatic carbocycles. The van der Waals surface area contributed by atoms with Crippen molar-refractivity contribution in [1.82, 2.24) is 4.98 Å². The molecule has 2 aromatic rings. The van der Waals surface area contributed by atoms with E-state index in [1.54, 1.807) is 6.20 Å². The first-order valence-corrected chi connectivity index (χ1v) is 4.77. The van der Waals surface area contributed by atoms with Crippen LogP contribution in [0.5, 0.6) is 0 Å². The highest BCUT2D eigenvalue weighted by Crippen LogP contribution is 2.13. The predicted molar refractivity (Wildman–Crippen MR) is 58.4 cm³/mol. The van der Waals surface area contributed by atoms with Gasteiger partial charge in [-0.15, -0.1) is 0 Å². The Morgan fingerprint density at radius 1 is 1.33 bits per heavy atom. The molecule has 0 bridgehead atoms. The largest absolute Gasteiger partial charge is 0.256 e. The van der Waals surface area contributed by atoms with Gasteiger partial charge >= 0.3 is 0 Å². The van der Waals surface area contributed by atoms with Gasteiger partial charge in [0, 0.05) is 11.6 Å². The molecule has 2 rings (SSSR count). The minimum absolute atomic E-state index is 0.488. The molecule has 0 aliphatic rings. The van der Waals surface area contributed by atoms with Crippen molar-refractivity contribution in [2.45, 2.75) is 6.42 Å². The molecule has 0 saturated carbocycles. The second-order valence-corrected chi connectivity index (χ2v) is 3.25. The molecule has 0 spiro atoms. The first kappa shape index (κ1) is 9.56. The summed E-state index contributed by atoms with van der Waals surface area (Å²) < 4.78 is 0. The van der Waals surface area contributed by atoms with Crippen molar-refractivity contribution < 1.29 is 4.79 Å². The first-order valence-electron chi connectivity index (χ1n) is 4.77. The van der Waals surface area contributed by atoms with E-state index >= 15 is 0 Å². The molecule has 74 valence electrons. The molecular weight excluding hydrogens is 188 g/mol. The van der Waals surface area contributed by atoms with Crippen LogP contribution in [0.15, 0.2) is 41.5 Å². The fraction of sp³-hybridized carbons (Fsp3) is 0.167. The van der Waals surface area contributed by atoms with Gasteiger partial charge in [0.1, 0.15) is 0 Å². The molecule has 3 nitrogen and oxygen atoms in total. The van der Waals surface area contributed by atoms with Crippen molar-refractivity contribution in [2.24, 2.45) is 4.99 Å². The Balaban J connectivity index is 2.26. The van der Waals surface area contributed by atoms with E-state index in [9.17, 15) is 4.79 Å². The number of hydrogen-bond donors (Lipinski definition) is 0. The lowest BCUT2D eigenvalue weighted by molar-refractivity contribution is 0.563. The number of carbonyl (C=O) groups excluding carboxylic acids is 1. The van der Waals surface area contributed by atoms with Crippen LogP contribution < -0.4 is 0 Å². The molecule has 3 heteroatoms. The van der Waals surface area contributed by atoms with Gasteiger partial charge in [0.25, 0.3) is 0 Å². The maximum atomic E-state index is 9.90. The van der Waals surface area contributed by atoms with Gasteiger partial charge in [-0.05, 0) is 24.1 Å². The van der Waals surface area contributed by atoms with Gasteiger partial charge in [0.2, 0.25) is 6.08 Å². The Morgan fingerprint density at radius 2 is 2.27 bits per heavy atom. The molecule has 0 N–H and O–H groups in total. The van der Waals surface area contributed by atoms with E-state index in [0.29, 0.717) is 6.54 Å². The zero-order chi connectivity index (χ0) is 10.5. The normalized spacial score (nSPS) is 9.87. The first-order chi connectivity index (χ1) is 7.40. The van der Waals surface area contributed by atoms with E-state index in [2.05, 4.69) is 9.98 Å². The standard InChI is InChI=1S/C12H10N2O/c15-9-13-7-5-10-3-4-11-2-1-6-14-12(11)8-10/h1-4,6,8H,5,7H2. The number of aromatic nitrogens is 1. The van der Waals surface area contributed by atoms with E-state index in [1.807, 2.05) is 30.3 Å². The van der Waals surface area contributed by atoms with Crippen LogP contribution in [0.3, 0.4) is 0 Å². The summed E-state index contributed by atoms with van der Waals surface area (Å²) in [6, 6.07) is 10.0.